The molecule has 0 heterocycles. The van der Waals surface area contributed by atoms with Crippen molar-refractivity contribution in [2.24, 2.45) is 0 Å². The molecule has 0 spiro atoms. The van der Waals surface area contributed by atoms with Crippen LogP contribution in [-0.2, 0) is 17.1 Å². The lowest BCUT2D eigenvalue weighted by atomic mass is 10.3. The second-order valence-corrected chi connectivity index (χ2v) is 28.1. The highest BCUT2D eigenvalue weighted by Crippen LogP contribution is 2.34. The first-order chi connectivity index (χ1) is 15.6. The number of nitrogens with one attached hydrogen (secondary N) is 1. The van der Waals surface area contributed by atoms with Gasteiger partial charge in [0.1, 0.15) is 0 Å². The van der Waals surface area contributed by atoms with E-state index in [1.807, 2.05) is 0 Å². The zero-order valence-corrected chi connectivity index (χ0v) is 28.5. The lowest BCUT2D eigenvalue weighted by Gasteiger charge is -2.48. The molecule has 0 bridgehead atoms. The summed E-state index contributed by atoms with van der Waals surface area (Å²) in [5.74, 6) is -0.131. The molecule has 0 aliphatic carbocycles. The van der Waals surface area contributed by atoms with E-state index in [1.165, 1.54) is 0 Å². The van der Waals surface area contributed by atoms with E-state index in [4.69, 9.17) is 12.3 Å². The summed E-state index contributed by atoms with van der Waals surface area (Å²) < 4.78 is 21.8. The van der Waals surface area contributed by atoms with Gasteiger partial charge in [0.05, 0.1) is 5.67 Å². The highest BCUT2D eigenvalue weighted by Gasteiger charge is 2.57. The van der Waals surface area contributed by atoms with E-state index in [0.717, 1.165) is 63.1 Å². The van der Waals surface area contributed by atoms with Crippen molar-refractivity contribution in [3.8, 4) is 0 Å². The third-order valence-corrected chi connectivity index (χ3v) is 22.3. The van der Waals surface area contributed by atoms with Crippen LogP contribution in [0.3, 0.4) is 0 Å². The fraction of sp³-hybridized carbons (Fsp3) is 0.880. The van der Waals surface area contributed by atoms with Gasteiger partial charge in [-0.2, -0.15) is 0 Å². The first-order valence-corrected chi connectivity index (χ1v) is 24.8. The summed E-state index contributed by atoms with van der Waals surface area (Å²) in [5, 5.41) is 3.26. The van der Waals surface area contributed by atoms with Gasteiger partial charge < -0.3 is 17.7 Å². The fourth-order valence-electron chi connectivity index (χ4n) is 4.11. The molecular formula is C25H57NO4Si4. The maximum Gasteiger partial charge on any atom is 0.493 e. The van der Waals surface area contributed by atoms with Gasteiger partial charge in [-0.15, -0.1) is 0 Å². The van der Waals surface area contributed by atoms with Gasteiger partial charge >= 0.3 is 8.80 Å². The normalized spacial score (nSPS) is 14.2. The van der Waals surface area contributed by atoms with Crippen LogP contribution in [-0.4, -0.2) is 45.3 Å². The molecular weight excluding hydrogens is 491 g/mol. The molecule has 0 aliphatic rings. The van der Waals surface area contributed by atoms with Gasteiger partial charge in [-0.25, -0.2) is 0 Å². The highest BCUT2D eigenvalue weighted by atomic mass is 28.5. The maximum atomic E-state index is 12.9. The van der Waals surface area contributed by atoms with Crippen LogP contribution in [0.5, 0.6) is 0 Å². The third kappa shape index (κ3) is 12.8. The summed E-state index contributed by atoms with van der Waals surface area (Å²) in [6, 6.07) is 3.22. The number of unbranched alkanes of at least 4 members (excludes halogenated alkanes) is 3. The van der Waals surface area contributed by atoms with Crippen molar-refractivity contribution in [1.29, 1.82) is 0 Å². The van der Waals surface area contributed by atoms with Crippen LogP contribution in [0.1, 0.15) is 79.6 Å². The van der Waals surface area contributed by atoms with Crippen molar-refractivity contribution in [3.05, 3.63) is 12.2 Å². The van der Waals surface area contributed by atoms with Crippen LogP contribution in [0, 0.1) is 0 Å². The summed E-state index contributed by atoms with van der Waals surface area (Å²) in [6.45, 7) is 28.2. The fourth-order valence-corrected chi connectivity index (χ4v) is 22.3. The highest BCUT2D eigenvalue weighted by molar-refractivity contribution is 6.91. The molecule has 0 rings (SSSR count). The summed E-state index contributed by atoms with van der Waals surface area (Å²) >= 11 is 0. The first-order valence-electron chi connectivity index (χ1n) is 13.7. The average Bonchev–Trinajstić information content (AvgIpc) is 2.71. The molecule has 1 atom stereocenters. The zero-order valence-electron chi connectivity index (χ0n) is 24.5. The Labute approximate surface area is 216 Å². The van der Waals surface area contributed by atoms with Crippen LogP contribution < -0.4 is 5.32 Å². The first kappa shape index (κ1) is 34.0. The Balaban J connectivity index is 6.64. The van der Waals surface area contributed by atoms with Gasteiger partial charge in [0, 0.05) is 5.57 Å². The molecule has 0 aromatic carbocycles. The van der Waals surface area contributed by atoms with E-state index >= 15 is 0 Å². The van der Waals surface area contributed by atoms with Crippen molar-refractivity contribution in [2.75, 3.05) is 0 Å². The molecule has 0 aromatic rings. The molecule has 9 heteroatoms. The summed E-state index contributed by atoms with van der Waals surface area (Å²) in [5.41, 5.74) is 0.251. The van der Waals surface area contributed by atoms with Crippen molar-refractivity contribution in [3.63, 3.8) is 0 Å². The van der Waals surface area contributed by atoms with E-state index in [-0.39, 0.29) is 11.6 Å². The lowest BCUT2D eigenvalue weighted by molar-refractivity contribution is -0.118. The van der Waals surface area contributed by atoms with E-state index in [0.29, 0.717) is 5.57 Å². The molecule has 0 radical (unpaired) electrons. The van der Waals surface area contributed by atoms with Crippen molar-refractivity contribution >= 4 is 39.7 Å². The Morgan fingerprint density at radius 2 is 1.06 bits per heavy atom. The van der Waals surface area contributed by atoms with E-state index < -0.39 is 33.8 Å². The predicted octanol–water partition coefficient (Wildman–Crippen LogP) is 8.00. The molecule has 0 aliphatic heterocycles. The quantitative estimate of drug-likeness (QED) is 0.131. The van der Waals surface area contributed by atoms with Crippen molar-refractivity contribution < 1.29 is 17.1 Å². The Morgan fingerprint density at radius 3 is 1.29 bits per heavy atom. The largest absolute Gasteiger partial charge is 0.493 e. The number of carbonyl (C=O) groups is 1. The molecule has 202 valence electrons. The second-order valence-electron chi connectivity index (χ2n) is 11.7. The number of carbonyl (C=O) groups excluding carboxylic acids is 1. The molecule has 34 heavy (non-hydrogen) atoms. The molecule has 0 fully saturated rings. The molecule has 0 saturated heterocycles. The van der Waals surface area contributed by atoms with Gasteiger partial charge in [0.25, 0.3) is 0 Å². The number of rotatable bonds is 19. The summed E-state index contributed by atoms with van der Waals surface area (Å²) in [6.07, 6.45) is 7.59. The smallest absolute Gasteiger partial charge is 0.415 e. The summed E-state index contributed by atoms with van der Waals surface area (Å²) in [7, 11) is -9.57. The molecule has 1 amide bonds. The lowest BCUT2D eigenvalue weighted by Crippen LogP contribution is -2.71. The number of amides is 1. The van der Waals surface area contributed by atoms with E-state index in [1.54, 1.807) is 6.92 Å². The monoisotopic (exact) mass is 547 g/mol. The van der Waals surface area contributed by atoms with E-state index in [9.17, 15) is 4.79 Å². The number of hydrogen-bond acceptors (Lipinski definition) is 4. The zero-order chi connectivity index (χ0) is 26.6. The maximum absolute atomic E-state index is 12.9. The topological polar surface area (TPSA) is 56.8 Å². The Bertz CT molecular complexity index is 571. The van der Waals surface area contributed by atoms with Gasteiger partial charge in [-0.3, -0.25) is 4.79 Å². The van der Waals surface area contributed by atoms with Crippen LogP contribution in [0.4, 0.5) is 0 Å². The predicted molar refractivity (Wildman–Crippen MR) is 158 cm³/mol. The van der Waals surface area contributed by atoms with Crippen LogP contribution in [0.25, 0.3) is 0 Å². The van der Waals surface area contributed by atoms with Gasteiger partial charge in [-0.1, -0.05) is 72.8 Å². The molecule has 0 saturated carbocycles. The van der Waals surface area contributed by atoms with Gasteiger partial charge in [0.2, 0.25) is 5.91 Å². The van der Waals surface area contributed by atoms with Crippen molar-refractivity contribution in [1.82, 2.24) is 5.32 Å². The third-order valence-electron chi connectivity index (χ3n) is 6.18. The molecule has 5 nitrogen and oxygen atoms in total. The molecule has 1 unspecified atom stereocenters. The minimum Gasteiger partial charge on any atom is -0.415 e. The minimum atomic E-state index is -3.28. The molecule has 1 N–H and O–H groups in total. The van der Waals surface area contributed by atoms with Crippen LogP contribution in [0.15, 0.2) is 12.2 Å². The Morgan fingerprint density at radius 1 is 0.735 bits per heavy atom. The van der Waals surface area contributed by atoms with Crippen LogP contribution >= 0.6 is 0 Å². The second kappa shape index (κ2) is 15.3. The Kier molecular flexibility index (Phi) is 15.2. The Hall–Kier alpha value is -0.0425. The van der Waals surface area contributed by atoms with Crippen molar-refractivity contribution in [2.45, 2.75) is 143 Å². The standard InChI is InChI=1S/C25H57NO4Si4/c1-13-17-20-31(7,8)28-34(29-32(9,10)21-18-14-2,30-33(11,12)22-19-15-3)24(16-4)26-25(27)23(5)6/h24H,5,13-22H2,1-4,6-12H3,(H,26,27). The van der Waals surface area contributed by atoms with Gasteiger partial charge in [0.15, 0.2) is 25.0 Å². The van der Waals surface area contributed by atoms with Crippen LogP contribution in [0.2, 0.25) is 57.4 Å². The van der Waals surface area contributed by atoms with Gasteiger partial charge in [-0.05, 0) is 70.8 Å². The minimum absolute atomic E-state index is 0.131. The van der Waals surface area contributed by atoms with E-state index in [2.05, 4.69) is 78.9 Å². The number of hydrogen-bond donors (Lipinski definition) is 1. The summed E-state index contributed by atoms with van der Waals surface area (Å²) in [4.78, 5) is 12.9. The average molecular weight is 548 g/mol. The SMILES string of the molecule is C=C(C)C(=O)NC(CC)[Si](O[Si](C)(C)CCCC)(O[Si](C)(C)CCCC)O[Si](C)(C)CCCC. The molecule has 0 aromatic heterocycles.